The second-order valence-corrected chi connectivity index (χ2v) is 29.0. The summed E-state index contributed by atoms with van der Waals surface area (Å²) >= 11 is 0. The van der Waals surface area contributed by atoms with Crippen molar-refractivity contribution in [2.75, 3.05) is 31.2 Å². The Hall–Kier alpha value is -11.0. The van der Waals surface area contributed by atoms with Crippen molar-refractivity contribution in [2.45, 2.75) is 170 Å². The van der Waals surface area contributed by atoms with E-state index in [2.05, 4.69) is 74.1 Å². The summed E-state index contributed by atoms with van der Waals surface area (Å²) in [6, 6.07) is 9.66. The van der Waals surface area contributed by atoms with E-state index in [4.69, 9.17) is 17.2 Å². The molecule has 1 aliphatic rings. The third-order valence-corrected chi connectivity index (χ3v) is 19.9. The SMILES string of the molecule is C[C@H](N)C(=O)NCC(=O)N[C@H]1CSSC[C@@H](C(=O)O)NC(=O)[C@H](CO)NC(=O)[C@H]([C@@H](C)O)NC(=O)[C@H](Cc2ccccc2)NC(=O)[C@H]([C@@H](C)O)NC(=O)[C@H](CCCCN)NC(=O)[C@H](Cc2c[nH]c3ccccc23)NC(=O)[C@H](Cc2ccccc2)NC(=O)[C@H](Cc2ccccc2)NC(=O)[C@H](CC(N)=O)NC(=O)[C@H](C)NC1=O. The molecule has 1 aliphatic heterocycles. The molecule has 24 N–H and O–H groups in total. The summed E-state index contributed by atoms with van der Waals surface area (Å²) in [5.74, 6) is -17.7. The molecule has 0 spiro atoms. The Balaban J connectivity index is 1.44. The molecule has 36 nitrogen and oxygen atoms in total. The average molecular weight is 1580 g/mol. The largest absolute Gasteiger partial charge is 0.480 e. The van der Waals surface area contributed by atoms with Crippen molar-refractivity contribution in [3.63, 3.8) is 0 Å². The van der Waals surface area contributed by atoms with Crippen molar-refractivity contribution >= 4 is 121 Å². The molecule has 6 rings (SSSR count). The van der Waals surface area contributed by atoms with Crippen LogP contribution < -0.4 is 86.3 Å². The first-order valence-electron chi connectivity index (χ1n) is 35.6. The highest BCUT2D eigenvalue weighted by atomic mass is 33.1. The molecule has 2 heterocycles. The molecule has 0 aliphatic carbocycles. The summed E-state index contributed by atoms with van der Waals surface area (Å²) in [5, 5.41) is 75.4. The van der Waals surface area contributed by atoms with Gasteiger partial charge < -0.3 is 112 Å². The van der Waals surface area contributed by atoms with Gasteiger partial charge in [0.15, 0.2) is 0 Å². The molecule has 5 aromatic rings. The van der Waals surface area contributed by atoms with E-state index in [0.717, 1.165) is 42.4 Å². The lowest BCUT2D eigenvalue weighted by Gasteiger charge is -2.29. The number of carbonyl (C=O) groups excluding carboxylic acids is 14. The highest BCUT2D eigenvalue weighted by molar-refractivity contribution is 8.76. The number of aromatic amines is 1. The Morgan fingerprint density at radius 2 is 0.928 bits per heavy atom. The fraction of sp³-hybridized carbons (Fsp3) is 0.438. The first-order valence-corrected chi connectivity index (χ1v) is 38.1. The van der Waals surface area contributed by atoms with Gasteiger partial charge in [0.25, 0.3) is 0 Å². The zero-order valence-electron chi connectivity index (χ0n) is 61.4. The second-order valence-electron chi connectivity index (χ2n) is 26.5. The van der Waals surface area contributed by atoms with E-state index in [0.29, 0.717) is 39.6 Å². The zero-order valence-corrected chi connectivity index (χ0v) is 63.0. The fourth-order valence-electron chi connectivity index (χ4n) is 11.3. The highest BCUT2D eigenvalue weighted by Crippen LogP contribution is 2.24. The molecule has 600 valence electrons. The number of aromatic nitrogens is 1. The van der Waals surface area contributed by atoms with Crippen LogP contribution in [0.3, 0.4) is 0 Å². The predicted octanol–water partition coefficient (Wildman–Crippen LogP) is -5.02. The standard InChI is InChI=1S/C73H97N17O19S2/c1-38(75)61(96)78-34-58(95)80-55-36-110-111-37-56(73(108)109)88-69(104)54(35-91)87-72(107)60(41(4)93)90-68(103)51(30-44-22-12-7-13-23-44)86-71(106)59(40(3)92)89-63(98)48(26-16-17-27-74)81-66(101)52(31-45-33-77-47-25-15-14-24-46(45)47)85-65(100)50(29-43-20-10-6-11-21-43)83-64(99)49(28-42-18-8-5-9-19-42)84-67(102)53(32-57(76)94)82-62(97)39(2)79-70(55)105/h5-15,18-25,33,38-41,48-56,59-60,77,91-93H,16-17,26-32,34-37,74-75H2,1-4H3,(H2,76,94)(H,78,96)(H,79,105)(H,80,95)(H,81,101)(H,82,97)(H,83,99)(H,84,102)(H,85,100)(H,86,106)(H,87,107)(H,88,104)(H,89,98)(H,90,103)(H,108,109)/t38-,39-,40+,41+,48-,49-,50-,51-,52-,53-,54-,55-,56-,59-,60-/m0/s1. The number of nitrogens with one attached hydrogen (secondary N) is 14. The van der Waals surface area contributed by atoms with Crippen LogP contribution in [0.2, 0.25) is 0 Å². The number of carboxylic acid groups (broad SMARTS) is 1. The molecule has 0 unspecified atom stereocenters. The van der Waals surface area contributed by atoms with E-state index < -0.39 is 210 Å². The van der Waals surface area contributed by atoms with Gasteiger partial charge in [-0.2, -0.15) is 0 Å². The van der Waals surface area contributed by atoms with Gasteiger partial charge >= 0.3 is 5.97 Å². The van der Waals surface area contributed by atoms with Crippen molar-refractivity contribution < 1.29 is 92.3 Å². The Bertz CT molecular complexity index is 4050. The summed E-state index contributed by atoms with van der Waals surface area (Å²) in [5.41, 5.74) is 19.7. The van der Waals surface area contributed by atoms with Crippen molar-refractivity contribution in [3.05, 3.63) is 144 Å². The Morgan fingerprint density at radius 3 is 1.41 bits per heavy atom. The van der Waals surface area contributed by atoms with E-state index >= 15 is 14.4 Å². The third kappa shape index (κ3) is 28.7. The summed E-state index contributed by atoms with van der Waals surface area (Å²) in [7, 11) is 1.48. The van der Waals surface area contributed by atoms with E-state index in [1.54, 1.807) is 121 Å². The van der Waals surface area contributed by atoms with Crippen LogP contribution in [0.25, 0.3) is 10.9 Å². The van der Waals surface area contributed by atoms with Crippen LogP contribution in [-0.4, -0.2) is 236 Å². The maximum atomic E-state index is 15.3. The average Bonchev–Trinajstić information content (AvgIpc) is 1.81. The Kier molecular flexibility index (Phi) is 35.7. The number of aliphatic carboxylic acids is 1. The number of unbranched alkanes of at least 4 members (excludes halogenated alkanes) is 1. The number of hydrogen-bond acceptors (Lipinski definition) is 22. The number of H-pyrrole nitrogens is 1. The molecule has 38 heteroatoms. The first-order chi connectivity index (χ1) is 52.8. The number of aliphatic hydroxyl groups is 3. The molecule has 1 aromatic heterocycles. The number of amides is 14. The van der Waals surface area contributed by atoms with Crippen LogP contribution >= 0.6 is 21.6 Å². The number of primary amides is 1. The topological polar surface area (TPSA) is 587 Å². The van der Waals surface area contributed by atoms with Crippen LogP contribution in [-0.2, 0) is 97.6 Å². The van der Waals surface area contributed by atoms with Gasteiger partial charge in [-0.15, -0.1) is 0 Å². The van der Waals surface area contributed by atoms with Gasteiger partial charge in [-0.05, 0) is 81.8 Å². The lowest BCUT2D eigenvalue weighted by molar-refractivity contribution is -0.142. The molecule has 4 aromatic carbocycles. The minimum atomic E-state index is -1.98. The number of aliphatic hydroxyl groups excluding tert-OH is 3. The summed E-state index contributed by atoms with van der Waals surface area (Å²) < 4.78 is 0. The van der Waals surface area contributed by atoms with Gasteiger partial charge in [0.1, 0.15) is 72.5 Å². The molecular weight excluding hydrogens is 1480 g/mol. The monoisotopic (exact) mass is 1580 g/mol. The second kappa shape index (κ2) is 44.6. The molecule has 1 fully saturated rings. The predicted molar refractivity (Wildman–Crippen MR) is 408 cm³/mol. The van der Waals surface area contributed by atoms with Crippen molar-refractivity contribution in [2.24, 2.45) is 17.2 Å². The van der Waals surface area contributed by atoms with Gasteiger partial charge in [0.05, 0.1) is 37.8 Å². The van der Waals surface area contributed by atoms with Crippen LogP contribution in [0.5, 0.6) is 0 Å². The summed E-state index contributed by atoms with van der Waals surface area (Å²) in [6.45, 7) is 2.94. The number of hydrogen-bond donors (Lipinski definition) is 21. The summed E-state index contributed by atoms with van der Waals surface area (Å²) in [4.78, 5) is 214. The Morgan fingerprint density at radius 1 is 0.505 bits per heavy atom. The minimum absolute atomic E-state index is 0.133. The Labute approximate surface area is 646 Å². The maximum absolute atomic E-state index is 15.3. The van der Waals surface area contributed by atoms with E-state index in [1.807, 2.05) is 0 Å². The van der Waals surface area contributed by atoms with Crippen LogP contribution in [0.4, 0.5) is 0 Å². The number of carbonyl (C=O) groups is 15. The lowest BCUT2D eigenvalue weighted by Crippen LogP contribution is -2.63. The fourth-order valence-corrected chi connectivity index (χ4v) is 13.6. The van der Waals surface area contributed by atoms with Gasteiger partial charge in [-0.25, -0.2) is 4.79 Å². The summed E-state index contributed by atoms with van der Waals surface area (Å²) in [6.07, 6.45) is -3.65. The quantitative estimate of drug-likeness (QED) is 0.0228. The van der Waals surface area contributed by atoms with Gasteiger partial charge in [-0.3, -0.25) is 67.1 Å². The molecule has 0 radical (unpaired) electrons. The molecule has 0 saturated carbocycles. The third-order valence-electron chi connectivity index (χ3n) is 17.4. The molecule has 14 amide bonds. The molecule has 111 heavy (non-hydrogen) atoms. The first kappa shape index (κ1) is 88.9. The number of benzene rings is 4. The smallest absolute Gasteiger partial charge is 0.327 e. The number of fused-ring (bicyclic) bond motifs is 1. The highest BCUT2D eigenvalue weighted by Gasteiger charge is 2.39. The number of nitrogens with two attached hydrogens (primary N) is 3. The molecular formula is C73H97N17O19S2. The van der Waals surface area contributed by atoms with E-state index in [1.165, 1.54) is 6.92 Å². The van der Waals surface area contributed by atoms with Crippen molar-refractivity contribution in [1.82, 2.24) is 74.1 Å². The number of carboxylic acids is 1. The van der Waals surface area contributed by atoms with Gasteiger partial charge in [0.2, 0.25) is 82.7 Å². The van der Waals surface area contributed by atoms with Crippen LogP contribution in [0.15, 0.2) is 121 Å². The molecule has 0 bridgehead atoms. The zero-order chi connectivity index (χ0) is 81.4. The number of rotatable bonds is 22. The van der Waals surface area contributed by atoms with E-state index in [-0.39, 0.29) is 45.1 Å². The lowest BCUT2D eigenvalue weighted by atomic mass is 10.00. The van der Waals surface area contributed by atoms with E-state index in [9.17, 15) is 78.0 Å². The van der Waals surface area contributed by atoms with Gasteiger partial charge in [-0.1, -0.05) is 131 Å². The molecule has 15 atom stereocenters. The number of para-hydroxylation sites is 1. The minimum Gasteiger partial charge on any atom is -0.480 e. The van der Waals surface area contributed by atoms with Crippen molar-refractivity contribution in [3.8, 4) is 0 Å². The maximum Gasteiger partial charge on any atom is 0.327 e. The normalized spacial score (nSPS) is 24.2. The molecule has 1 saturated heterocycles. The van der Waals surface area contributed by atoms with Gasteiger partial charge in [0, 0.05) is 54.3 Å². The van der Waals surface area contributed by atoms with Crippen LogP contribution in [0, 0.1) is 0 Å². The van der Waals surface area contributed by atoms with Crippen LogP contribution in [0.1, 0.15) is 75.6 Å². The van der Waals surface area contributed by atoms with Crippen molar-refractivity contribution in [1.29, 1.82) is 0 Å².